The molecule has 0 radical (unpaired) electrons. The van der Waals surface area contributed by atoms with E-state index in [9.17, 15) is 9.59 Å². The minimum Gasteiger partial charge on any atom is -0.493 e. The molecule has 1 amide bonds. The van der Waals surface area contributed by atoms with Crippen LogP contribution in [0.4, 0.5) is 0 Å². The van der Waals surface area contributed by atoms with Crippen LogP contribution in [-0.2, 0) is 9.53 Å². The van der Waals surface area contributed by atoms with Crippen molar-refractivity contribution in [1.29, 1.82) is 0 Å². The number of hydrogen-bond acceptors (Lipinski definition) is 5. The molecule has 0 N–H and O–H groups in total. The van der Waals surface area contributed by atoms with Gasteiger partial charge in [0.15, 0.2) is 18.1 Å². The fourth-order valence-electron chi connectivity index (χ4n) is 2.64. The summed E-state index contributed by atoms with van der Waals surface area (Å²) >= 11 is 0. The van der Waals surface area contributed by atoms with Gasteiger partial charge in [-0.15, -0.1) is 6.58 Å². The Kier molecular flexibility index (Phi) is 6.23. The highest BCUT2D eigenvalue weighted by molar-refractivity contribution is 5.95. The highest BCUT2D eigenvalue weighted by Gasteiger charge is 2.23. The molecule has 0 atom stereocenters. The smallest absolute Gasteiger partial charge is 0.343 e. The van der Waals surface area contributed by atoms with Crippen molar-refractivity contribution in [1.82, 2.24) is 4.90 Å². The number of esters is 1. The Morgan fingerprint density at radius 3 is 2.54 bits per heavy atom. The standard InChI is InChI=1S/C18H23NO5/c1-4-13-7-9-19(10-8-13)18(21)14-5-6-15(16(11-14)22-2)24-12-17(20)23-3/h4-6,11,13H,1,7-10,12H2,2-3H3. The molecule has 1 fully saturated rings. The molecule has 0 spiro atoms. The third kappa shape index (κ3) is 4.28. The van der Waals surface area contributed by atoms with Gasteiger partial charge in [0.05, 0.1) is 14.2 Å². The number of carbonyl (C=O) groups excluding carboxylic acids is 2. The maximum Gasteiger partial charge on any atom is 0.343 e. The van der Waals surface area contributed by atoms with E-state index < -0.39 is 5.97 Å². The predicted octanol–water partition coefficient (Wildman–Crippen LogP) is 2.29. The van der Waals surface area contributed by atoms with Gasteiger partial charge in [-0.25, -0.2) is 4.79 Å². The van der Waals surface area contributed by atoms with Crippen LogP contribution in [0.25, 0.3) is 0 Å². The molecule has 1 aromatic carbocycles. The molecule has 0 aromatic heterocycles. The average Bonchev–Trinajstić information content (AvgIpc) is 2.65. The van der Waals surface area contributed by atoms with Crippen molar-refractivity contribution in [3.8, 4) is 11.5 Å². The van der Waals surface area contributed by atoms with Gasteiger partial charge in [-0.2, -0.15) is 0 Å². The molecule has 24 heavy (non-hydrogen) atoms. The van der Waals surface area contributed by atoms with Gasteiger partial charge in [-0.1, -0.05) is 6.08 Å². The molecule has 6 nitrogen and oxygen atoms in total. The van der Waals surface area contributed by atoms with Gasteiger partial charge in [0.25, 0.3) is 5.91 Å². The summed E-state index contributed by atoms with van der Waals surface area (Å²) in [6, 6.07) is 4.94. The number of amides is 1. The van der Waals surface area contributed by atoms with Gasteiger partial charge in [-0.05, 0) is 37.0 Å². The van der Waals surface area contributed by atoms with Crippen LogP contribution in [0.15, 0.2) is 30.9 Å². The number of rotatable bonds is 6. The van der Waals surface area contributed by atoms with Gasteiger partial charge >= 0.3 is 5.97 Å². The van der Waals surface area contributed by atoms with Crippen molar-refractivity contribution in [3.63, 3.8) is 0 Å². The zero-order valence-corrected chi connectivity index (χ0v) is 14.1. The highest BCUT2D eigenvalue weighted by atomic mass is 16.6. The molecule has 1 aliphatic heterocycles. The van der Waals surface area contributed by atoms with Crippen LogP contribution in [0.5, 0.6) is 11.5 Å². The summed E-state index contributed by atoms with van der Waals surface area (Å²) in [5.41, 5.74) is 0.536. The van der Waals surface area contributed by atoms with Crippen LogP contribution in [0.2, 0.25) is 0 Å². The SMILES string of the molecule is C=CC1CCN(C(=O)c2ccc(OCC(=O)OC)c(OC)c2)CC1. The van der Waals surface area contributed by atoms with Gasteiger partial charge in [0.2, 0.25) is 0 Å². The first-order valence-electron chi connectivity index (χ1n) is 7.88. The molecule has 0 unspecified atom stereocenters. The summed E-state index contributed by atoms with van der Waals surface area (Å²) < 4.78 is 15.1. The van der Waals surface area contributed by atoms with Gasteiger partial charge < -0.3 is 19.1 Å². The number of methoxy groups -OCH3 is 2. The van der Waals surface area contributed by atoms with Crippen molar-refractivity contribution in [2.24, 2.45) is 5.92 Å². The third-order valence-corrected chi connectivity index (χ3v) is 4.14. The molecule has 6 heteroatoms. The Labute approximate surface area is 142 Å². The van der Waals surface area contributed by atoms with E-state index in [4.69, 9.17) is 9.47 Å². The normalized spacial score (nSPS) is 14.8. The molecule has 0 aliphatic carbocycles. The second-order valence-electron chi connectivity index (χ2n) is 5.60. The van der Waals surface area contributed by atoms with Crippen molar-refractivity contribution < 1.29 is 23.8 Å². The first-order chi connectivity index (χ1) is 11.6. The lowest BCUT2D eigenvalue weighted by Gasteiger charge is -2.30. The van der Waals surface area contributed by atoms with E-state index in [2.05, 4.69) is 11.3 Å². The number of hydrogen-bond donors (Lipinski definition) is 0. The van der Waals surface area contributed by atoms with Crippen LogP contribution in [0.1, 0.15) is 23.2 Å². The van der Waals surface area contributed by atoms with E-state index in [0.717, 1.165) is 25.9 Å². The van der Waals surface area contributed by atoms with Gasteiger partial charge in [-0.3, -0.25) is 4.79 Å². The number of likely N-dealkylation sites (tertiary alicyclic amines) is 1. The summed E-state index contributed by atoms with van der Waals surface area (Å²) in [5.74, 6) is 0.769. The lowest BCUT2D eigenvalue weighted by atomic mass is 9.96. The summed E-state index contributed by atoms with van der Waals surface area (Å²) in [7, 11) is 2.78. The predicted molar refractivity (Wildman–Crippen MR) is 89.3 cm³/mol. The van der Waals surface area contributed by atoms with Gasteiger partial charge in [0.1, 0.15) is 0 Å². The van der Waals surface area contributed by atoms with E-state index in [0.29, 0.717) is 23.0 Å². The second-order valence-corrected chi connectivity index (χ2v) is 5.60. The second kappa shape index (κ2) is 8.38. The third-order valence-electron chi connectivity index (χ3n) is 4.14. The Balaban J connectivity index is 2.06. The maximum atomic E-state index is 12.6. The Morgan fingerprint density at radius 2 is 1.96 bits per heavy atom. The largest absolute Gasteiger partial charge is 0.493 e. The van der Waals surface area contributed by atoms with Crippen LogP contribution in [-0.4, -0.2) is 50.7 Å². The topological polar surface area (TPSA) is 65.1 Å². The van der Waals surface area contributed by atoms with E-state index in [1.54, 1.807) is 18.2 Å². The Morgan fingerprint density at radius 1 is 1.25 bits per heavy atom. The van der Waals surface area contributed by atoms with E-state index in [-0.39, 0.29) is 12.5 Å². The monoisotopic (exact) mass is 333 g/mol. The summed E-state index contributed by atoms with van der Waals surface area (Å²) in [6.45, 7) is 5.04. The maximum absolute atomic E-state index is 12.6. The molecular formula is C18H23NO5. The van der Waals surface area contributed by atoms with Crippen LogP contribution < -0.4 is 9.47 Å². The summed E-state index contributed by atoms with van der Waals surface area (Å²) in [5, 5.41) is 0. The number of ether oxygens (including phenoxy) is 3. The van der Waals surface area contributed by atoms with Crippen LogP contribution >= 0.6 is 0 Å². The molecular weight excluding hydrogens is 310 g/mol. The number of allylic oxidation sites excluding steroid dienone is 1. The number of carbonyl (C=O) groups is 2. The minimum atomic E-state index is -0.484. The number of nitrogens with zero attached hydrogens (tertiary/aromatic N) is 1. The molecule has 1 heterocycles. The molecule has 0 bridgehead atoms. The van der Waals surface area contributed by atoms with Crippen molar-refractivity contribution in [3.05, 3.63) is 36.4 Å². The molecule has 130 valence electrons. The molecule has 0 saturated carbocycles. The molecule has 2 rings (SSSR count). The van der Waals surface area contributed by atoms with E-state index in [1.807, 2.05) is 11.0 Å². The number of piperidine rings is 1. The number of benzene rings is 1. The first kappa shape index (κ1) is 17.8. The Hall–Kier alpha value is -2.50. The highest BCUT2D eigenvalue weighted by Crippen LogP contribution is 2.29. The zero-order chi connectivity index (χ0) is 17.5. The quantitative estimate of drug-likeness (QED) is 0.590. The fourth-order valence-corrected chi connectivity index (χ4v) is 2.64. The Bertz CT molecular complexity index is 605. The van der Waals surface area contributed by atoms with Crippen molar-refractivity contribution >= 4 is 11.9 Å². The lowest BCUT2D eigenvalue weighted by Crippen LogP contribution is -2.38. The van der Waals surface area contributed by atoms with E-state index >= 15 is 0 Å². The van der Waals surface area contributed by atoms with Crippen molar-refractivity contribution in [2.45, 2.75) is 12.8 Å². The first-order valence-corrected chi connectivity index (χ1v) is 7.88. The average molecular weight is 333 g/mol. The molecule has 1 saturated heterocycles. The van der Waals surface area contributed by atoms with Gasteiger partial charge in [0, 0.05) is 18.7 Å². The summed E-state index contributed by atoms with van der Waals surface area (Å²) in [6.07, 6.45) is 3.83. The minimum absolute atomic E-state index is 0.0321. The van der Waals surface area contributed by atoms with Crippen LogP contribution in [0.3, 0.4) is 0 Å². The van der Waals surface area contributed by atoms with Crippen molar-refractivity contribution in [2.75, 3.05) is 33.9 Å². The lowest BCUT2D eigenvalue weighted by molar-refractivity contribution is -0.142. The molecule has 1 aliphatic rings. The zero-order valence-electron chi connectivity index (χ0n) is 14.1. The molecule has 1 aromatic rings. The van der Waals surface area contributed by atoms with Crippen LogP contribution in [0, 0.1) is 5.92 Å². The van der Waals surface area contributed by atoms with E-state index in [1.165, 1.54) is 14.2 Å². The summed E-state index contributed by atoms with van der Waals surface area (Å²) in [4.78, 5) is 25.6. The fraction of sp³-hybridized carbons (Fsp3) is 0.444.